The average Bonchev–Trinajstić information content (AvgIpc) is 3.08. The molecule has 3 rings (SSSR count). The number of rotatable bonds is 7. The molecular formula is C20H32IN7O. The molecule has 1 atom stereocenters. The molecule has 9 heteroatoms. The predicted octanol–water partition coefficient (Wildman–Crippen LogP) is 2.18. The number of ether oxygens (including phenoxy) is 1. The molecule has 29 heavy (non-hydrogen) atoms. The van der Waals surface area contributed by atoms with Gasteiger partial charge in [-0.05, 0) is 31.0 Å². The summed E-state index contributed by atoms with van der Waals surface area (Å²) in [6, 6.07) is 8.77. The Kier molecular flexibility index (Phi) is 9.15. The van der Waals surface area contributed by atoms with Crippen LogP contribution in [0.5, 0.6) is 0 Å². The van der Waals surface area contributed by atoms with Crippen LogP contribution in [0, 0.1) is 0 Å². The largest absolute Gasteiger partial charge is 0.378 e. The first kappa shape index (κ1) is 23.4. The van der Waals surface area contributed by atoms with Gasteiger partial charge in [-0.3, -0.25) is 0 Å². The van der Waals surface area contributed by atoms with E-state index in [1.165, 1.54) is 11.3 Å². The minimum atomic E-state index is 0. The van der Waals surface area contributed by atoms with E-state index >= 15 is 0 Å². The first-order chi connectivity index (χ1) is 13.6. The summed E-state index contributed by atoms with van der Waals surface area (Å²) in [6.45, 7) is 4.78. The number of benzene rings is 1. The third-order valence-electron chi connectivity index (χ3n) is 4.73. The summed E-state index contributed by atoms with van der Waals surface area (Å²) in [5.74, 6) is 2.62. The van der Waals surface area contributed by atoms with Crippen LogP contribution < -0.4 is 15.5 Å². The average molecular weight is 513 g/mol. The summed E-state index contributed by atoms with van der Waals surface area (Å²) in [4.78, 5) is 11.4. The standard InChI is InChI=1S/C20H31N7O.HI/c1-5-21-20(22-12-15-6-9-17(10-7-15)26(2)3)23-16-8-11-19-24-18(14-28-4)25-27(19)13-16;/h6-7,9-10,16H,5,8,11-14H2,1-4H3,(H2,21,22,23);1H. The zero-order valence-electron chi connectivity index (χ0n) is 17.7. The van der Waals surface area contributed by atoms with Gasteiger partial charge in [0.05, 0.1) is 13.1 Å². The number of hydrogen-bond acceptors (Lipinski definition) is 5. The van der Waals surface area contributed by atoms with Crippen molar-refractivity contribution in [3.05, 3.63) is 41.5 Å². The van der Waals surface area contributed by atoms with Crippen molar-refractivity contribution >= 4 is 35.6 Å². The minimum absolute atomic E-state index is 0. The van der Waals surface area contributed by atoms with Gasteiger partial charge in [0.2, 0.25) is 0 Å². The third-order valence-corrected chi connectivity index (χ3v) is 4.73. The van der Waals surface area contributed by atoms with Crippen LogP contribution in [0.25, 0.3) is 0 Å². The lowest BCUT2D eigenvalue weighted by atomic mass is 10.1. The van der Waals surface area contributed by atoms with Crippen LogP contribution in [0.2, 0.25) is 0 Å². The minimum Gasteiger partial charge on any atom is -0.378 e. The number of aliphatic imine (C=N–C) groups is 1. The van der Waals surface area contributed by atoms with Gasteiger partial charge in [0.25, 0.3) is 0 Å². The zero-order chi connectivity index (χ0) is 19.9. The normalized spacial score (nSPS) is 16.0. The van der Waals surface area contributed by atoms with E-state index in [9.17, 15) is 0 Å². The lowest BCUT2D eigenvalue weighted by Gasteiger charge is -2.25. The van der Waals surface area contributed by atoms with E-state index < -0.39 is 0 Å². The lowest BCUT2D eigenvalue weighted by Crippen LogP contribution is -2.47. The molecule has 2 heterocycles. The van der Waals surface area contributed by atoms with Crippen LogP contribution in [0.15, 0.2) is 29.3 Å². The molecule has 0 bridgehead atoms. The van der Waals surface area contributed by atoms with Crippen molar-refractivity contribution in [3.8, 4) is 0 Å². The Morgan fingerprint density at radius 3 is 2.72 bits per heavy atom. The molecule has 0 saturated heterocycles. The smallest absolute Gasteiger partial charge is 0.191 e. The van der Waals surface area contributed by atoms with Crippen molar-refractivity contribution in [2.45, 2.75) is 45.5 Å². The number of nitrogens with one attached hydrogen (secondary N) is 2. The van der Waals surface area contributed by atoms with E-state index in [2.05, 4.69) is 56.8 Å². The van der Waals surface area contributed by atoms with Crippen LogP contribution in [0.4, 0.5) is 5.69 Å². The molecule has 2 aromatic rings. The first-order valence-corrected chi connectivity index (χ1v) is 9.81. The van der Waals surface area contributed by atoms with Crippen LogP contribution in [-0.2, 0) is 30.9 Å². The SMILES string of the molecule is CCNC(=NCc1ccc(N(C)C)cc1)NC1CCc2nc(COC)nn2C1.I. The molecule has 1 unspecified atom stereocenters. The van der Waals surface area contributed by atoms with Crippen molar-refractivity contribution in [3.63, 3.8) is 0 Å². The van der Waals surface area contributed by atoms with Crippen molar-refractivity contribution in [2.24, 2.45) is 4.99 Å². The number of hydrogen-bond donors (Lipinski definition) is 2. The highest BCUT2D eigenvalue weighted by Gasteiger charge is 2.22. The molecule has 1 aliphatic rings. The molecule has 0 amide bonds. The molecule has 2 N–H and O–H groups in total. The third kappa shape index (κ3) is 6.56. The Morgan fingerprint density at radius 2 is 2.07 bits per heavy atom. The summed E-state index contributed by atoms with van der Waals surface area (Å²) in [7, 11) is 5.75. The van der Waals surface area contributed by atoms with Crippen molar-refractivity contribution in [2.75, 3.05) is 32.6 Å². The van der Waals surface area contributed by atoms with Crippen molar-refractivity contribution in [1.29, 1.82) is 0 Å². The molecule has 0 radical (unpaired) electrons. The second-order valence-electron chi connectivity index (χ2n) is 7.20. The van der Waals surface area contributed by atoms with E-state index in [-0.39, 0.29) is 30.0 Å². The van der Waals surface area contributed by atoms with Crippen LogP contribution in [0.1, 0.15) is 30.6 Å². The molecule has 1 aromatic heterocycles. The topological polar surface area (TPSA) is 79.6 Å². The highest BCUT2D eigenvalue weighted by Crippen LogP contribution is 2.14. The fourth-order valence-electron chi connectivity index (χ4n) is 3.25. The van der Waals surface area contributed by atoms with E-state index in [4.69, 9.17) is 9.73 Å². The Balaban J connectivity index is 0.00000300. The second kappa shape index (κ2) is 11.3. The van der Waals surface area contributed by atoms with Gasteiger partial charge in [0, 0.05) is 45.9 Å². The molecule has 0 fully saturated rings. The van der Waals surface area contributed by atoms with Crippen LogP contribution in [-0.4, -0.2) is 54.5 Å². The molecule has 1 aliphatic heterocycles. The Hall–Kier alpha value is -1.88. The van der Waals surface area contributed by atoms with E-state index in [0.29, 0.717) is 13.2 Å². The number of anilines is 1. The van der Waals surface area contributed by atoms with E-state index in [1.54, 1.807) is 7.11 Å². The number of aromatic nitrogens is 3. The summed E-state index contributed by atoms with van der Waals surface area (Å²) in [5.41, 5.74) is 2.38. The highest BCUT2D eigenvalue weighted by atomic mass is 127. The number of aryl methyl sites for hydroxylation is 1. The van der Waals surface area contributed by atoms with Gasteiger partial charge in [-0.25, -0.2) is 14.7 Å². The Bertz CT molecular complexity index is 789. The maximum atomic E-state index is 5.14. The van der Waals surface area contributed by atoms with E-state index in [1.807, 2.05) is 18.8 Å². The zero-order valence-corrected chi connectivity index (χ0v) is 20.0. The summed E-state index contributed by atoms with van der Waals surface area (Å²) in [6.07, 6.45) is 1.91. The quantitative estimate of drug-likeness (QED) is 0.336. The van der Waals surface area contributed by atoms with Gasteiger partial charge < -0.3 is 20.3 Å². The van der Waals surface area contributed by atoms with Gasteiger partial charge in [-0.2, -0.15) is 5.10 Å². The number of halogens is 1. The van der Waals surface area contributed by atoms with Gasteiger partial charge in [0.15, 0.2) is 11.8 Å². The molecule has 160 valence electrons. The summed E-state index contributed by atoms with van der Waals surface area (Å²) >= 11 is 0. The molecule has 0 aliphatic carbocycles. The van der Waals surface area contributed by atoms with Crippen LogP contribution >= 0.6 is 24.0 Å². The fraction of sp³-hybridized carbons (Fsp3) is 0.550. The number of fused-ring (bicyclic) bond motifs is 1. The molecule has 1 aromatic carbocycles. The van der Waals surface area contributed by atoms with Crippen LogP contribution in [0.3, 0.4) is 0 Å². The fourth-order valence-corrected chi connectivity index (χ4v) is 3.25. The van der Waals surface area contributed by atoms with Gasteiger partial charge in [0.1, 0.15) is 12.4 Å². The van der Waals surface area contributed by atoms with E-state index in [0.717, 1.165) is 43.5 Å². The molecule has 8 nitrogen and oxygen atoms in total. The number of nitrogens with zero attached hydrogens (tertiary/aromatic N) is 5. The van der Waals surface area contributed by atoms with Crippen molar-refractivity contribution < 1.29 is 4.74 Å². The lowest BCUT2D eigenvalue weighted by molar-refractivity contribution is 0.177. The van der Waals surface area contributed by atoms with Gasteiger partial charge in [-0.1, -0.05) is 12.1 Å². The van der Waals surface area contributed by atoms with Crippen molar-refractivity contribution in [1.82, 2.24) is 25.4 Å². The number of methoxy groups -OCH3 is 1. The first-order valence-electron chi connectivity index (χ1n) is 9.81. The van der Waals surface area contributed by atoms with Gasteiger partial charge in [-0.15, -0.1) is 24.0 Å². The maximum absolute atomic E-state index is 5.14. The second-order valence-corrected chi connectivity index (χ2v) is 7.20. The molecule has 0 saturated carbocycles. The number of guanidine groups is 1. The van der Waals surface area contributed by atoms with Gasteiger partial charge >= 0.3 is 0 Å². The predicted molar refractivity (Wildman–Crippen MR) is 127 cm³/mol. The monoisotopic (exact) mass is 513 g/mol. The Morgan fingerprint density at radius 1 is 1.31 bits per heavy atom. The molecule has 0 spiro atoms. The summed E-state index contributed by atoms with van der Waals surface area (Å²) in [5, 5.41) is 11.4. The molecular weight excluding hydrogens is 481 g/mol. The Labute approximate surface area is 190 Å². The highest BCUT2D eigenvalue weighted by molar-refractivity contribution is 14.0. The summed E-state index contributed by atoms with van der Waals surface area (Å²) < 4.78 is 7.12. The maximum Gasteiger partial charge on any atom is 0.191 e.